The maximum Gasteiger partial charge on any atom is 0.220 e. The lowest BCUT2D eigenvalue weighted by molar-refractivity contribution is 0.315. The molecule has 1 radical (unpaired) electrons. The zero-order valence-corrected chi connectivity index (χ0v) is 6.05. The molecule has 0 aromatic heterocycles. The van der Waals surface area contributed by atoms with Crippen molar-refractivity contribution in [2.45, 2.75) is 6.92 Å². The molecule has 0 unspecified atom stereocenters. The molecule has 0 bridgehead atoms. The van der Waals surface area contributed by atoms with Crippen LogP contribution in [0.15, 0.2) is 18.2 Å². The summed E-state index contributed by atoms with van der Waals surface area (Å²) in [7, 11) is 1.50. The van der Waals surface area contributed by atoms with Crippen LogP contribution in [0.4, 0.5) is 0 Å². The Kier molecular flexibility index (Phi) is 1.81. The van der Waals surface area contributed by atoms with E-state index < -0.39 is 0 Å². The van der Waals surface area contributed by atoms with E-state index in [1.807, 2.05) is 6.92 Å². The number of hydrogen-bond donors (Lipinski definition) is 0. The molecule has 0 saturated heterocycles. The van der Waals surface area contributed by atoms with Crippen LogP contribution in [0.2, 0.25) is 0 Å². The predicted molar refractivity (Wildman–Crippen MR) is 37.9 cm³/mol. The van der Waals surface area contributed by atoms with E-state index in [1.54, 1.807) is 12.1 Å². The van der Waals surface area contributed by atoms with E-state index in [0.29, 0.717) is 5.75 Å². The number of methoxy groups -OCH3 is 1. The molecule has 2 nitrogen and oxygen atoms in total. The summed E-state index contributed by atoms with van der Waals surface area (Å²) in [5.74, 6) is 0.355. The third-order valence-corrected chi connectivity index (χ3v) is 1.32. The van der Waals surface area contributed by atoms with Crippen molar-refractivity contribution in [3.05, 3.63) is 23.8 Å². The first-order chi connectivity index (χ1) is 4.74. The van der Waals surface area contributed by atoms with Gasteiger partial charge in [0, 0.05) is 0 Å². The highest BCUT2D eigenvalue weighted by molar-refractivity contribution is 5.40. The minimum atomic E-state index is -0.0619. The van der Waals surface area contributed by atoms with Gasteiger partial charge >= 0.3 is 0 Å². The van der Waals surface area contributed by atoms with Gasteiger partial charge in [0.25, 0.3) is 0 Å². The molecule has 10 heavy (non-hydrogen) atoms. The molecule has 0 atom stereocenters. The van der Waals surface area contributed by atoms with Crippen molar-refractivity contribution in [2.75, 3.05) is 7.11 Å². The van der Waals surface area contributed by atoms with Crippen LogP contribution < -0.4 is 4.74 Å². The van der Waals surface area contributed by atoms with Gasteiger partial charge in [0.15, 0.2) is 5.75 Å². The SMILES string of the molecule is COc1cc(C)ccc1[O]. The zero-order chi connectivity index (χ0) is 7.56. The van der Waals surface area contributed by atoms with E-state index in [9.17, 15) is 5.11 Å². The van der Waals surface area contributed by atoms with E-state index >= 15 is 0 Å². The summed E-state index contributed by atoms with van der Waals surface area (Å²) < 4.78 is 4.81. The largest absolute Gasteiger partial charge is 0.493 e. The molecule has 0 aliphatic heterocycles. The lowest BCUT2D eigenvalue weighted by Gasteiger charge is -2.00. The number of rotatable bonds is 1. The van der Waals surface area contributed by atoms with Gasteiger partial charge in [0.1, 0.15) is 0 Å². The molecule has 0 fully saturated rings. The van der Waals surface area contributed by atoms with Gasteiger partial charge in [-0.3, -0.25) is 5.11 Å². The first kappa shape index (κ1) is 6.93. The molecule has 0 spiro atoms. The zero-order valence-electron chi connectivity index (χ0n) is 6.05. The topological polar surface area (TPSA) is 29.1 Å². The van der Waals surface area contributed by atoms with Crippen LogP contribution in [-0.2, 0) is 5.11 Å². The molecule has 0 N–H and O–H groups in total. The maximum atomic E-state index is 10.9. The molecular weight excluding hydrogens is 128 g/mol. The fourth-order valence-corrected chi connectivity index (χ4v) is 0.775. The van der Waals surface area contributed by atoms with Gasteiger partial charge in [-0.2, -0.15) is 0 Å². The third-order valence-electron chi connectivity index (χ3n) is 1.32. The monoisotopic (exact) mass is 137 g/mol. The van der Waals surface area contributed by atoms with Gasteiger partial charge in [-0.25, -0.2) is 0 Å². The van der Waals surface area contributed by atoms with Crippen molar-refractivity contribution < 1.29 is 9.84 Å². The molecule has 0 saturated carbocycles. The van der Waals surface area contributed by atoms with E-state index in [4.69, 9.17) is 4.74 Å². The molecule has 1 aromatic carbocycles. The number of ether oxygens (including phenoxy) is 1. The Morgan fingerprint density at radius 3 is 2.60 bits per heavy atom. The second-order valence-electron chi connectivity index (χ2n) is 2.15. The van der Waals surface area contributed by atoms with E-state index in [1.165, 1.54) is 13.2 Å². The smallest absolute Gasteiger partial charge is 0.220 e. The standard InChI is InChI=1S/C8H9O2/c1-6-3-4-7(9)8(5-6)10-2/h3-5H,1-2H3. The molecule has 0 amide bonds. The van der Waals surface area contributed by atoms with E-state index in [0.717, 1.165) is 5.56 Å². The molecule has 53 valence electrons. The Labute approximate surface area is 60.1 Å². The van der Waals surface area contributed by atoms with Crippen LogP contribution in [0, 0.1) is 6.92 Å². The van der Waals surface area contributed by atoms with Crippen LogP contribution in [0.25, 0.3) is 0 Å². The minimum absolute atomic E-state index is 0.0619. The third kappa shape index (κ3) is 1.21. The van der Waals surface area contributed by atoms with Crippen molar-refractivity contribution in [3.8, 4) is 11.5 Å². The van der Waals surface area contributed by atoms with Crippen molar-refractivity contribution >= 4 is 0 Å². The van der Waals surface area contributed by atoms with Gasteiger partial charge < -0.3 is 4.74 Å². The van der Waals surface area contributed by atoms with Crippen LogP contribution >= 0.6 is 0 Å². The summed E-state index contributed by atoms with van der Waals surface area (Å²) in [6.07, 6.45) is 0. The van der Waals surface area contributed by atoms with Crippen molar-refractivity contribution in [1.82, 2.24) is 0 Å². The van der Waals surface area contributed by atoms with Crippen LogP contribution in [-0.4, -0.2) is 7.11 Å². The Balaban J connectivity index is 3.09. The van der Waals surface area contributed by atoms with E-state index in [-0.39, 0.29) is 5.75 Å². The number of hydrogen-bond acceptors (Lipinski definition) is 1. The average Bonchev–Trinajstić information content (AvgIpc) is 1.94. The highest BCUT2D eigenvalue weighted by atomic mass is 16.5. The Hall–Kier alpha value is -1.18. The molecule has 0 heterocycles. The summed E-state index contributed by atoms with van der Waals surface area (Å²) in [6, 6.07) is 5.00. The van der Waals surface area contributed by atoms with Gasteiger partial charge in [-0.05, 0) is 24.6 Å². The maximum absolute atomic E-state index is 10.9. The Morgan fingerprint density at radius 1 is 1.40 bits per heavy atom. The second kappa shape index (κ2) is 2.60. The fourth-order valence-electron chi connectivity index (χ4n) is 0.775. The minimum Gasteiger partial charge on any atom is -0.493 e. The van der Waals surface area contributed by atoms with Crippen LogP contribution in [0.5, 0.6) is 11.5 Å². The lowest BCUT2D eigenvalue weighted by atomic mass is 10.2. The highest BCUT2D eigenvalue weighted by Crippen LogP contribution is 2.26. The molecule has 1 rings (SSSR count). The van der Waals surface area contributed by atoms with Gasteiger partial charge in [-0.15, -0.1) is 0 Å². The van der Waals surface area contributed by atoms with Crippen molar-refractivity contribution in [3.63, 3.8) is 0 Å². The summed E-state index contributed by atoms with van der Waals surface area (Å²) in [5, 5.41) is 10.9. The van der Waals surface area contributed by atoms with Gasteiger partial charge in [0.05, 0.1) is 7.11 Å². The molecule has 0 aliphatic carbocycles. The van der Waals surface area contributed by atoms with Gasteiger partial charge in [-0.1, -0.05) is 6.07 Å². The van der Waals surface area contributed by atoms with Crippen molar-refractivity contribution in [1.29, 1.82) is 0 Å². The normalized spacial score (nSPS) is 9.40. The molecule has 2 heteroatoms. The van der Waals surface area contributed by atoms with Crippen LogP contribution in [0.1, 0.15) is 5.56 Å². The highest BCUT2D eigenvalue weighted by Gasteiger charge is 2.00. The summed E-state index contributed by atoms with van der Waals surface area (Å²) in [6.45, 7) is 1.92. The lowest BCUT2D eigenvalue weighted by Crippen LogP contribution is -1.82. The van der Waals surface area contributed by atoms with E-state index in [2.05, 4.69) is 0 Å². The molecule has 0 aliphatic rings. The average molecular weight is 137 g/mol. The summed E-state index contributed by atoms with van der Waals surface area (Å²) in [4.78, 5) is 0. The quantitative estimate of drug-likeness (QED) is 0.583. The first-order valence-electron chi connectivity index (χ1n) is 3.05. The molecular formula is C8H9O2. The van der Waals surface area contributed by atoms with Crippen molar-refractivity contribution in [2.24, 2.45) is 0 Å². The molecule has 1 aromatic rings. The van der Waals surface area contributed by atoms with Crippen LogP contribution in [0.3, 0.4) is 0 Å². The number of aryl methyl sites for hydroxylation is 1. The second-order valence-corrected chi connectivity index (χ2v) is 2.15. The fraction of sp³-hybridized carbons (Fsp3) is 0.250. The predicted octanol–water partition coefficient (Wildman–Crippen LogP) is 2.15. The summed E-state index contributed by atoms with van der Waals surface area (Å²) >= 11 is 0. The Morgan fingerprint density at radius 2 is 2.10 bits per heavy atom. The first-order valence-corrected chi connectivity index (χ1v) is 3.05. The van der Waals surface area contributed by atoms with Gasteiger partial charge in [0.2, 0.25) is 5.75 Å². The Bertz CT molecular complexity index is 231. The summed E-state index contributed by atoms with van der Waals surface area (Å²) in [5.41, 5.74) is 1.04. The number of benzene rings is 1.